The number of rotatable bonds is 4. The summed E-state index contributed by atoms with van der Waals surface area (Å²) in [5, 5.41) is 17.3. The average Bonchev–Trinajstić information content (AvgIpc) is 2.84. The zero-order valence-electron chi connectivity index (χ0n) is 10.2. The molecule has 0 spiro atoms. The van der Waals surface area contributed by atoms with E-state index in [2.05, 4.69) is 10.4 Å². The molecule has 0 saturated carbocycles. The van der Waals surface area contributed by atoms with Gasteiger partial charge in [0.2, 0.25) is 5.91 Å². The Morgan fingerprint density at radius 3 is 2.89 bits per heavy atom. The Morgan fingerprint density at radius 1 is 1.47 bits per heavy atom. The van der Waals surface area contributed by atoms with E-state index in [0.717, 1.165) is 0 Å². The molecule has 0 saturated heterocycles. The summed E-state index contributed by atoms with van der Waals surface area (Å²) in [7, 11) is 0. The second-order valence-corrected chi connectivity index (χ2v) is 3.96. The van der Waals surface area contributed by atoms with Crippen LogP contribution in [0, 0.1) is 17.0 Å². The normalized spacial score (nSPS) is 10.2. The number of hydrogen-bond donors (Lipinski definition) is 1. The maximum atomic E-state index is 11.8. The molecule has 1 N–H and O–H groups in total. The number of benzene rings is 1. The number of carbonyl (C=O) groups excluding carboxylic acids is 1. The lowest BCUT2D eigenvalue weighted by Gasteiger charge is -2.08. The zero-order valence-corrected chi connectivity index (χ0v) is 10.2. The molecule has 0 atom stereocenters. The second kappa shape index (κ2) is 5.30. The average molecular weight is 260 g/mol. The molecule has 0 bridgehead atoms. The summed E-state index contributed by atoms with van der Waals surface area (Å²) in [6.45, 7) is 1.66. The number of hydrogen-bond acceptors (Lipinski definition) is 4. The fraction of sp³-hybridized carbons (Fsp3) is 0.167. The molecular weight excluding hydrogens is 248 g/mol. The molecule has 0 unspecified atom stereocenters. The van der Waals surface area contributed by atoms with Crippen LogP contribution in [0.3, 0.4) is 0 Å². The summed E-state index contributed by atoms with van der Waals surface area (Å²) in [5.41, 5.74) is 0.851. The first-order valence-corrected chi connectivity index (χ1v) is 5.59. The zero-order chi connectivity index (χ0) is 13.8. The number of nitro benzene ring substituents is 1. The van der Waals surface area contributed by atoms with Crippen molar-refractivity contribution in [1.29, 1.82) is 0 Å². The van der Waals surface area contributed by atoms with Gasteiger partial charge in [0.1, 0.15) is 6.54 Å². The number of carbonyl (C=O) groups is 1. The van der Waals surface area contributed by atoms with Gasteiger partial charge in [-0.1, -0.05) is 6.07 Å². The number of aromatic nitrogens is 2. The molecule has 0 aliphatic carbocycles. The molecule has 0 radical (unpaired) electrons. The van der Waals surface area contributed by atoms with E-state index in [9.17, 15) is 14.9 Å². The predicted molar refractivity (Wildman–Crippen MR) is 68.7 cm³/mol. The van der Waals surface area contributed by atoms with Crippen molar-refractivity contribution in [2.24, 2.45) is 0 Å². The number of amides is 1. The molecule has 0 fully saturated rings. The molecule has 0 aliphatic heterocycles. The van der Waals surface area contributed by atoms with Crippen LogP contribution in [0.5, 0.6) is 0 Å². The Morgan fingerprint density at radius 2 is 2.26 bits per heavy atom. The summed E-state index contributed by atoms with van der Waals surface area (Å²) in [6, 6.07) is 6.28. The molecule has 1 amide bonds. The molecule has 1 aromatic carbocycles. The second-order valence-electron chi connectivity index (χ2n) is 3.96. The molecule has 2 aromatic rings. The van der Waals surface area contributed by atoms with Crippen molar-refractivity contribution >= 4 is 17.3 Å². The SMILES string of the molecule is Cc1c(NC(=O)Cn2cccn2)cccc1[N+](=O)[O-]. The molecular formula is C12H12N4O3. The first-order chi connectivity index (χ1) is 9.08. The molecule has 7 heteroatoms. The molecule has 1 heterocycles. The standard InChI is InChI=1S/C12H12N4O3/c1-9-10(4-2-5-11(9)16(18)19)14-12(17)8-15-7-3-6-13-15/h2-7H,8H2,1H3,(H,14,17). The lowest BCUT2D eigenvalue weighted by Crippen LogP contribution is -2.19. The van der Waals surface area contributed by atoms with Crippen molar-refractivity contribution in [2.75, 3.05) is 5.32 Å². The third-order valence-electron chi connectivity index (χ3n) is 2.64. The third-order valence-corrected chi connectivity index (χ3v) is 2.64. The summed E-state index contributed by atoms with van der Waals surface area (Å²) in [5.74, 6) is -0.285. The van der Waals surface area contributed by atoms with Gasteiger partial charge in [-0.3, -0.25) is 19.6 Å². The van der Waals surface area contributed by atoms with Gasteiger partial charge >= 0.3 is 0 Å². The summed E-state index contributed by atoms with van der Waals surface area (Å²) in [6.07, 6.45) is 3.24. The highest BCUT2D eigenvalue weighted by Crippen LogP contribution is 2.24. The highest BCUT2D eigenvalue weighted by molar-refractivity contribution is 5.91. The molecule has 0 aliphatic rings. The van der Waals surface area contributed by atoms with Crippen molar-refractivity contribution in [2.45, 2.75) is 13.5 Å². The molecule has 7 nitrogen and oxygen atoms in total. The van der Waals surface area contributed by atoms with Crippen LogP contribution >= 0.6 is 0 Å². The van der Waals surface area contributed by atoms with Gasteiger partial charge in [0, 0.05) is 18.5 Å². The van der Waals surface area contributed by atoms with Crippen LogP contribution in [0.25, 0.3) is 0 Å². The van der Waals surface area contributed by atoms with E-state index >= 15 is 0 Å². The summed E-state index contributed by atoms with van der Waals surface area (Å²) in [4.78, 5) is 22.1. The van der Waals surface area contributed by atoms with Crippen molar-refractivity contribution in [1.82, 2.24) is 9.78 Å². The van der Waals surface area contributed by atoms with E-state index in [1.165, 1.54) is 16.8 Å². The lowest BCUT2D eigenvalue weighted by molar-refractivity contribution is -0.385. The minimum atomic E-state index is -0.474. The first kappa shape index (κ1) is 12.7. The highest BCUT2D eigenvalue weighted by atomic mass is 16.6. The minimum absolute atomic E-state index is 0.0168. The smallest absolute Gasteiger partial charge is 0.274 e. The Balaban J connectivity index is 2.13. The molecule has 98 valence electrons. The Kier molecular flexibility index (Phi) is 3.56. The van der Waals surface area contributed by atoms with Gasteiger partial charge in [0.15, 0.2) is 0 Å². The number of nitrogens with zero attached hydrogens (tertiary/aromatic N) is 3. The molecule has 2 rings (SSSR count). The van der Waals surface area contributed by atoms with E-state index in [1.54, 1.807) is 31.5 Å². The first-order valence-electron chi connectivity index (χ1n) is 5.59. The maximum Gasteiger partial charge on any atom is 0.274 e. The van der Waals surface area contributed by atoms with E-state index in [-0.39, 0.29) is 18.1 Å². The van der Waals surface area contributed by atoms with Crippen LogP contribution in [0.1, 0.15) is 5.56 Å². The van der Waals surface area contributed by atoms with Gasteiger partial charge in [-0.25, -0.2) is 0 Å². The van der Waals surface area contributed by atoms with E-state index in [0.29, 0.717) is 11.3 Å². The number of nitrogens with one attached hydrogen (secondary N) is 1. The Labute approximate surface area is 109 Å². The third kappa shape index (κ3) is 2.95. The fourth-order valence-corrected chi connectivity index (χ4v) is 1.69. The van der Waals surface area contributed by atoms with Crippen LogP contribution in [-0.4, -0.2) is 20.6 Å². The number of nitro groups is 1. The van der Waals surface area contributed by atoms with Gasteiger partial charge in [-0.2, -0.15) is 5.10 Å². The largest absolute Gasteiger partial charge is 0.324 e. The van der Waals surface area contributed by atoms with E-state index in [4.69, 9.17) is 0 Å². The fourth-order valence-electron chi connectivity index (χ4n) is 1.69. The van der Waals surface area contributed by atoms with Crippen LogP contribution < -0.4 is 5.32 Å². The highest BCUT2D eigenvalue weighted by Gasteiger charge is 2.14. The lowest BCUT2D eigenvalue weighted by atomic mass is 10.1. The van der Waals surface area contributed by atoms with Gasteiger partial charge in [0.25, 0.3) is 5.69 Å². The van der Waals surface area contributed by atoms with Gasteiger partial charge < -0.3 is 5.32 Å². The number of anilines is 1. The predicted octanol–water partition coefficient (Wildman–Crippen LogP) is 1.74. The van der Waals surface area contributed by atoms with E-state index < -0.39 is 4.92 Å². The monoisotopic (exact) mass is 260 g/mol. The van der Waals surface area contributed by atoms with Crippen molar-refractivity contribution in [3.63, 3.8) is 0 Å². The quantitative estimate of drug-likeness (QED) is 0.669. The van der Waals surface area contributed by atoms with Crippen LogP contribution in [0.2, 0.25) is 0 Å². The topological polar surface area (TPSA) is 90.1 Å². The minimum Gasteiger partial charge on any atom is -0.324 e. The van der Waals surface area contributed by atoms with Gasteiger partial charge in [-0.15, -0.1) is 0 Å². The van der Waals surface area contributed by atoms with Gasteiger partial charge in [-0.05, 0) is 19.1 Å². The summed E-state index contributed by atoms with van der Waals surface area (Å²) >= 11 is 0. The maximum absolute atomic E-state index is 11.8. The van der Waals surface area contributed by atoms with Gasteiger partial charge in [0.05, 0.1) is 16.2 Å². The van der Waals surface area contributed by atoms with E-state index in [1.807, 2.05) is 0 Å². The molecule has 1 aromatic heterocycles. The Bertz CT molecular complexity index is 607. The molecule has 19 heavy (non-hydrogen) atoms. The summed E-state index contributed by atoms with van der Waals surface area (Å²) < 4.78 is 1.47. The van der Waals surface area contributed by atoms with Crippen LogP contribution in [0.4, 0.5) is 11.4 Å². The van der Waals surface area contributed by atoms with Crippen molar-refractivity contribution in [3.8, 4) is 0 Å². The van der Waals surface area contributed by atoms with Crippen molar-refractivity contribution in [3.05, 3.63) is 52.3 Å². The Hall–Kier alpha value is -2.70. The van der Waals surface area contributed by atoms with Crippen LogP contribution in [0.15, 0.2) is 36.7 Å². The van der Waals surface area contributed by atoms with Crippen molar-refractivity contribution < 1.29 is 9.72 Å². The van der Waals surface area contributed by atoms with Crippen LogP contribution in [-0.2, 0) is 11.3 Å².